The van der Waals surface area contributed by atoms with Gasteiger partial charge in [-0.25, -0.2) is 0 Å². The third-order valence-corrected chi connectivity index (χ3v) is 0.775. The van der Waals surface area contributed by atoms with Crippen LogP contribution in [0.2, 0.25) is 0 Å². The molecule has 0 spiro atoms. The zero-order valence-corrected chi connectivity index (χ0v) is 5.44. The number of carboxylic acid groups (broad SMARTS) is 1. The van der Waals surface area contributed by atoms with Crippen LogP contribution >= 0.6 is 12.4 Å². The van der Waals surface area contributed by atoms with Crippen LogP contribution < -0.4 is 5.73 Å². The maximum Gasteiger partial charge on any atom is 0.307 e. The Labute approximate surface area is 54.3 Å². The van der Waals surface area contributed by atoms with Gasteiger partial charge in [-0.3, -0.25) is 4.79 Å². The van der Waals surface area contributed by atoms with Gasteiger partial charge in [0.1, 0.15) is 0 Å². The van der Waals surface area contributed by atoms with E-state index in [9.17, 15) is 4.79 Å². The highest BCUT2D eigenvalue weighted by atomic mass is 35.5. The lowest BCUT2D eigenvalue weighted by Crippen LogP contribution is -2.19. The second-order valence-corrected chi connectivity index (χ2v) is 1.47. The summed E-state index contributed by atoms with van der Waals surface area (Å²) in [5, 5.41) is 8.10. The molecule has 0 heterocycles. The third kappa shape index (κ3) is 3.89. The fraction of sp³-hybridized carbons (Fsp3) is 0.750. The lowest BCUT2D eigenvalue weighted by Gasteiger charge is -1.96. The number of carboxylic acids is 1. The van der Waals surface area contributed by atoms with Gasteiger partial charge in [0.2, 0.25) is 0 Å². The van der Waals surface area contributed by atoms with E-state index in [-0.39, 0.29) is 19.0 Å². The van der Waals surface area contributed by atoms with Crippen LogP contribution in [0.3, 0.4) is 0 Å². The first-order chi connectivity index (χ1) is 3.18. The average Bonchev–Trinajstić information content (AvgIpc) is 1.65. The van der Waals surface area contributed by atoms with Crippen LogP contribution in [0.15, 0.2) is 0 Å². The van der Waals surface area contributed by atoms with Gasteiger partial charge in [-0.15, -0.1) is 12.4 Å². The van der Waals surface area contributed by atoms with Crippen LogP contribution in [-0.2, 0) is 4.79 Å². The van der Waals surface area contributed by atoms with Crippen LogP contribution in [0, 0.1) is 5.92 Å². The molecule has 0 fully saturated rings. The molecule has 50 valence electrons. The first-order valence-electron chi connectivity index (χ1n) is 2.11. The minimum Gasteiger partial charge on any atom is -0.481 e. The fourth-order valence-electron chi connectivity index (χ4n) is 0.101. The van der Waals surface area contributed by atoms with Crippen molar-refractivity contribution < 1.29 is 9.90 Å². The number of hydrogen-bond donors (Lipinski definition) is 2. The minimum atomic E-state index is -0.831. The molecule has 0 saturated carbocycles. The Morgan fingerprint density at radius 3 is 2.25 bits per heavy atom. The summed E-state index contributed by atoms with van der Waals surface area (Å²) in [6, 6.07) is 0. The van der Waals surface area contributed by atoms with Gasteiger partial charge in [0.05, 0.1) is 5.92 Å². The number of carbonyl (C=O) groups is 1. The largest absolute Gasteiger partial charge is 0.481 e. The summed E-state index contributed by atoms with van der Waals surface area (Å²) in [6.07, 6.45) is 0. The lowest BCUT2D eigenvalue weighted by atomic mass is 10.2. The molecular weight excluding hydrogens is 130 g/mol. The number of hydrogen-bond acceptors (Lipinski definition) is 2. The van der Waals surface area contributed by atoms with E-state index in [1.54, 1.807) is 6.92 Å². The first-order valence-corrected chi connectivity index (χ1v) is 2.11. The maximum atomic E-state index is 9.85. The Morgan fingerprint density at radius 2 is 2.25 bits per heavy atom. The van der Waals surface area contributed by atoms with Gasteiger partial charge in [0.15, 0.2) is 0 Å². The topological polar surface area (TPSA) is 63.3 Å². The predicted molar refractivity (Wildman–Crippen MR) is 33.1 cm³/mol. The number of rotatable bonds is 2. The average molecular weight is 140 g/mol. The van der Waals surface area contributed by atoms with Gasteiger partial charge in [0, 0.05) is 6.54 Å². The molecule has 1 atom stereocenters. The van der Waals surface area contributed by atoms with E-state index in [0.29, 0.717) is 0 Å². The van der Waals surface area contributed by atoms with E-state index >= 15 is 0 Å². The van der Waals surface area contributed by atoms with E-state index in [0.717, 1.165) is 0 Å². The highest BCUT2D eigenvalue weighted by Gasteiger charge is 2.05. The molecule has 3 N–H and O–H groups in total. The molecule has 0 aromatic heterocycles. The summed E-state index contributed by atoms with van der Waals surface area (Å²) in [4.78, 5) is 9.85. The summed E-state index contributed by atoms with van der Waals surface area (Å²) in [7, 11) is 0. The first kappa shape index (κ1) is 10.7. The normalized spacial score (nSPS) is 11.8. The zero-order chi connectivity index (χ0) is 5.86. The van der Waals surface area contributed by atoms with Gasteiger partial charge in [-0.05, 0) is 0 Å². The number of nitrogens with two attached hydrogens (primary N) is 1. The molecule has 0 amide bonds. The van der Waals surface area contributed by atoms with Crippen molar-refractivity contribution in [2.45, 2.75) is 6.92 Å². The Hall–Kier alpha value is -0.280. The van der Waals surface area contributed by atoms with Crippen molar-refractivity contribution in [3.05, 3.63) is 0 Å². The van der Waals surface area contributed by atoms with Gasteiger partial charge in [-0.2, -0.15) is 0 Å². The standard InChI is InChI=1S/C4H9NO2.ClH/c1-3(2-5)4(6)7;/h3H,2,5H2,1H3,(H,6,7);1H. The Kier molecular flexibility index (Phi) is 6.48. The molecule has 0 rings (SSSR count). The van der Waals surface area contributed by atoms with Crippen molar-refractivity contribution in [1.82, 2.24) is 0 Å². The smallest absolute Gasteiger partial charge is 0.307 e. The molecule has 0 aromatic rings. The van der Waals surface area contributed by atoms with Crippen molar-refractivity contribution in [3.8, 4) is 0 Å². The van der Waals surface area contributed by atoms with Crippen molar-refractivity contribution in [2.24, 2.45) is 11.7 Å². The van der Waals surface area contributed by atoms with Crippen LogP contribution in [0.4, 0.5) is 0 Å². The maximum absolute atomic E-state index is 9.85. The van der Waals surface area contributed by atoms with Crippen LogP contribution in [0.25, 0.3) is 0 Å². The molecular formula is C4H10ClNO2. The van der Waals surface area contributed by atoms with E-state index in [4.69, 9.17) is 10.8 Å². The number of halogens is 1. The number of aliphatic carboxylic acids is 1. The molecule has 3 nitrogen and oxygen atoms in total. The van der Waals surface area contributed by atoms with E-state index in [1.165, 1.54) is 0 Å². The van der Waals surface area contributed by atoms with Crippen LogP contribution in [0.1, 0.15) is 6.92 Å². The van der Waals surface area contributed by atoms with Crippen molar-refractivity contribution in [3.63, 3.8) is 0 Å². The summed E-state index contributed by atoms with van der Waals surface area (Å²) < 4.78 is 0. The van der Waals surface area contributed by atoms with Gasteiger partial charge in [-0.1, -0.05) is 6.92 Å². The Balaban J connectivity index is 0. The third-order valence-electron chi connectivity index (χ3n) is 0.775. The highest BCUT2D eigenvalue weighted by Crippen LogP contribution is 1.87. The van der Waals surface area contributed by atoms with Crippen molar-refractivity contribution >= 4 is 18.4 Å². The molecule has 0 bridgehead atoms. The quantitative estimate of drug-likeness (QED) is 0.570. The summed E-state index contributed by atoms with van der Waals surface area (Å²) >= 11 is 0. The van der Waals surface area contributed by atoms with Gasteiger partial charge in [0.25, 0.3) is 0 Å². The SMILES string of the molecule is CC(CN)C(=O)O.Cl. The van der Waals surface area contributed by atoms with Crippen molar-refractivity contribution in [1.29, 1.82) is 0 Å². The molecule has 0 aliphatic rings. The minimum absolute atomic E-state index is 0. The second kappa shape index (κ2) is 4.87. The molecule has 0 aliphatic heterocycles. The molecule has 8 heavy (non-hydrogen) atoms. The van der Waals surface area contributed by atoms with E-state index in [2.05, 4.69) is 0 Å². The predicted octanol–water partition coefficient (Wildman–Crippen LogP) is 0.0876. The zero-order valence-electron chi connectivity index (χ0n) is 4.63. The Bertz CT molecular complexity index is 76.4. The van der Waals surface area contributed by atoms with Gasteiger partial charge >= 0.3 is 5.97 Å². The molecule has 0 saturated heterocycles. The summed E-state index contributed by atoms with van der Waals surface area (Å²) in [5.74, 6) is -1.23. The fourth-order valence-corrected chi connectivity index (χ4v) is 0.101. The highest BCUT2D eigenvalue weighted by molar-refractivity contribution is 5.85. The van der Waals surface area contributed by atoms with E-state index < -0.39 is 11.9 Å². The van der Waals surface area contributed by atoms with Crippen LogP contribution in [0.5, 0.6) is 0 Å². The summed E-state index contributed by atoms with van der Waals surface area (Å²) in [6.45, 7) is 1.79. The second-order valence-electron chi connectivity index (χ2n) is 1.47. The molecule has 4 heteroatoms. The monoisotopic (exact) mass is 139 g/mol. The molecule has 1 unspecified atom stereocenters. The van der Waals surface area contributed by atoms with E-state index in [1.807, 2.05) is 0 Å². The lowest BCUT2D eigenvalue weighted by molar-refractivity contribution is -0.140. The van der Waals surface area contributed by atoms with Gasteiger partial charge < -0.3 is 10.8 Å². The van der Waals surface area contributed by atoms with Crippen LogP contribution in [-0.4, -0.2) is 17.6 Å². The molecule has 0 radical (unpaired) electrons. The van der Waals surface area contributed by atoms with Crippen molar-refractivity contribution in [2.75, 3.05) is 6.54 Å². The summed E-state index contributed by atoms with van der Waals surface area (Å²) in [5.41, 5.74) is 4.99. The molecule has 0 aliphatic carbocycles. The molecule has 0 aromatic carbocycles. The Morgan fingerprint density at radius 1 is 1.88 bits per heavy atom.